The van der Waals surface area contributed by atoms with Crippen LogP contribution in [0.25, 0.3) is 11.1 Å². The van der Waals surface area contributed by atoms with Crippen LogP contribution >= 0.6 is 0 Å². The molecule has 0 fully saturated rings. The van der Waals surface area contributed by atoms with Gasteiger partial charge in [-0.25, -0.2) is 0 Å². The lowest BCUT2D eigenvalue weighted by Gasteiger charge is -2.31. The average molecular weight is 457 g/mol. The Balaban J connectivity index is 2.88. The van der Waals surface area contributed by atoms with E-state index in [0.717, 1.165) is 22.3 Å². The first-order chi connectivity index (χ1) is 14.7. The smallest absolute Gasteiger partial charge is 0.126 e. The van der Waals surface area contributed by atoms with Gasteiger partial charge in [-0.1, -0.05) is 140 Å². The van der Waals surface area contributed by atoms with Gasteiger partial charge in [-0.05, 0) is 21.2 Å². The lowest BCUT2D eigenvalue weighted by atomic mass is 9.95. The lowest BCUT2D eigenvalue weighted by molar-refractivity contribution is 0.730. The summed E-state index contributed by atoms with van der Waals surface area (Å²) in [5.74, 6) is 7.32. The second-order valence-electron chi connectivity index (χ2n) is 11.7. The van der Waals surface area contributed by atoms with Gasteiger partial charge >= 0.3 is 0 Å². The molecule has 168 valence electrons. The molecule has 0 aliphatic rings. The molecule has 0 heterocycles. The van der Waals surface area contributed by atoms with Crippen molar-refractivity contribution in [3.63, 3.8) is 0 Å². The van der Waals surface area contributed by atoms with Crippen LogP contribution in [0.4, 0.5) is 0 Å². The van der Waals surface area contributed by atoms with Gasteiger partial charge in [0.25, 0.3) is 0 Å². The average Bonchev–Trinajstić information content (AvgIpc) is 2.70. The molecule has 32 heavy (non-hydrogen) atoms. The molecule has 0 amide bonds. The van der Waals surface area contributed by atoms with Crippen LogP contribution in [0, 0.1) is 22.9 Å². The summed E-state index contributed by atoms with van der Waals surface area (Å²) in [5.41, 5.74) is 11.9. The number of rotatable bonds is 2. The minimum Gasteiger partial charge on any atom is -0.126 e. The zero-order valence-electron chi connectivity index (χ0n) is 21.8. The summed E-state index contributed by atoms with van der Waals surface area (Å²) in [5, 5.41) is 0.420. The highest BCUT2D eigenvalue weighted by atomic mass is 28.3. The third-order valence-corrected chi connectivity index (χ3v) is 16.1. The predicted octanol–water partition coefficient (Wildman–Crippen LogP) is 8.70. The van der Waals surface area contributed by atoms with E-state index in [-0.39, 0.29) is 10.1 Å². The molecule has 0 saturated carbocycles. The fourth-order valence-corrected chi connectivity index (χ4v) is 4.21. The van der Waals surface area contributed by atoms with Gasteiger partial charge in [-0.2, -0.15) is 0 Å². The highest BCUT2D eigenvalue weighted by Gasteiger charge is 2.34. The maximum atomic E-state index is 3.75. The van der Waals surface area contributed by atoms with Crippen molar-refractivity contribution in [2.75, 3.05) is 0 Å². The summed E-state index contributed by atoms with van der Waals surface area (Å²) in [7, 11) is -3.54. The molecule has 0 atom stereocenters. The van der Waals surface area contributed by atoms with Crippen molar-refractivity contribution in [3.05, 3.63) is 71.8 Å². The molecular weight excluding hydrogens is 417 g/mol. The normalized spacial score (nSPS) is 13.3. The van der Waals surface area contributed by atoms with Crippen LogP contribution in [0.1, 0.15) is 52.7 Å². The van der Waals surface area contributed by atoms with Gasteiger partial charge in [0.15, 0.2) is 0 Å². The Kier molecular flexibility index (Phi) is 7.88. The van der Waals surface area contributed by atoms with E-state index < -0.39 is 16.1 Å². The second kappa shape index (κ2) is 9.70. The molecule has 2 rings (SSSR count). The van der Waals surface area contributed by atoms with E-state index in [1.54, 1.807) is 0 Å². The first-order valence-corrected chi connectivity index (χ1v) is 17.6. The SMILES string of the molecule is CC(C)(C)[Si](C)(C)C#CC(=C(C#C[Si](C)(C)C(C)(C)C)c1ccccc1)c1ccccc1. The van der Waals surface area contributed by atoms with E-state index in [0.29, 0.717) is 0 Å². The molecule has 2 heteroatoms. The fraction of sp³-hybridized carbons (Fsp3) is 0.400. The van der Waals surface area contributed by atoms with Crippen LogP contribution in [0.3, 0.4) is 0 Å². The Morgan fingerprint density at radius 3 is 1.06 bits per heavy atom. The van der Waals surface area contributed by atoms with Gasteiger partial charge in [0, 0.05) is 11.1 Å². The van der Waals surface area contributed by atoms with Crippen LogP contribution < -0.4 is 0 Å². The Labute approximate surface area is 199 Å². The zero-order valence-corrected chi connectivity index (χ0v) is 23.8. The number of hydrogen-bond acceptors (Lipinski definition) is 0. The second-order valence-corrected chi connectivity index (χ2v) is 21.7. The maximum Gasteiger partial charge on any atom is 0.138 e. The van der Waals surface area contributed by atoms with E-state index in [4.69, 9.17) is 0 Å². The Bertz CT molecular complexity index is 977. The van der Waals surface area contributed by atoms with Crippen molar-refractivity contribution >= 4 is 27.3 Å². The predicted molar refractivity (Wildman–Crippen MR) is 150 cm³/mol. The molecule has 0 unspecified atom stereocenters. The Hall–Kier alpha value is -2.27. The van der Waals surface area contributed by atoms with E-state index in [1.807, 2.05) is 0 Å². The quantitative estimate of drug-likeness (QED) is 0.241. The van der Waals surface area contributed by atoms with Crippen molar-refractivity contribution < 1.29 is 0 Å². The summed E-state index contributed by atoms with van der Waals surface area (Å²) in [6.45, 7) is 23.4. The Morgan fingerprint density at radius 1 is 0.531 bits per heavy atom. The van der Waals surface area contributed by atoms with E-state index >= 15 is 0 Å². The van der Waals surface area contributed by atoms with Crippen LogP contribution in [0.2, 0.25) is 36.3 Å². The highest BCUT2D eigenvalue weighted by Crippen LogP contribution is 2.37. The lowest BCUT2D eigenvalue weighted by Crippen LogP contribution is -2.35. The number of benzene rings is 2. The van der Waals surface area contributed by atoms with E-state index in [1.165, 1.54) is 0 Å². The molecule has 0 radical (unpaired) electrons. The first-order valence-electron chi connectivity index (χ1n) is 11.6. The molecule has 0 saturated heterocycles. The minimum absolute atomic E-state index is 0.210. The monoisotopic (exact) mass is 456 g/mol. The molecule has 0 aliphatic heterocycles. The highest BCUT2D eigenvalue weighted by molar-refractivity contribution is 6.88. The van der Waals surface area contributed by atoms with Gasteiger partial charge in [-0.3, -0.25) is 0 Å². The maximum absolute atomic E-state index is 3.75. The van der Waals surface area contributed by atoms with Crippen LogP contribution in [0.5, 0.6) is 0 Å². The summed E-state index contributed by atoms with van der Waals surface area (Å²) in [6.07, 6.45) is 0. The topological polar surface area (TPSA) is 0 Å². The van der Waals surface area contributed by atoms with Crippen LogP contribution in [-0.4, -0.2) is 16.1 Å². The van der Waals surface area contributed by atoms with Crippen LogP contribution in [0.15, 0.2) is 60.7 Å². The first kappa shape index (κ1) is 26.0. The molecule has 2 aromatic rings. The molecule has 0 N–H and O–H groups in total. The molecule has 0 spiro atoms. The number of hydrogen-bond donors (Lipinski definition) is 0. The number of allylic oxidation sites excluding steroid dienone is 2. The minimum atomic E-state index is -1.77. The summed E-state index contributed by atoms with van der Waals surface area (Å²) in [4.78, 5) is 0. The molecule has 0 aliphatic carbocycles. The van der Waals surface area contributed by atoms with Crippen LogP contribution in [-0.2, 0) is 0 Å². The Morgan fingerprint density at radius 2 is 0.812 bits per heavy atom. The van der Waals surface area contributed by atoms with Crippen molar-refractivity contribution in [1.29, 1.82) is 0 Å². The van der Waals surface area contributed by atoms with Crippen molar-refractivity contribution in [1.82, 2.24) is 0 Å². The van der Waals surface area contributed by atoms with E-state index in [2.05, 4.69) is 151 Å². The standard InChI is InChI=1S/C30H40Si2/c1-29(2,3)31(7,8)23-21-27(25-17-13-11-14-18-25)28(26-19-15-12-16-20-26)22-24-32(9,10)30(4,5)6/h11-20H,1-10H3. The van der Waals surface area contributed by atoms with Gasteiger partial charge < -0.3 is 0 Å². The summed E-state index contributed by atoms with van der Waals surface area (Å²) < 4.78 is 0. The molecule has 2 aromatic carbocycles. The molecule has 0 nitrogen and oxygen atoms in total. The van der Waals surface area contributed by atoms with Crippen molar-refractivity contribution in [3.8, 4) is 22.9 Å². The largest absolute Gasteiger partial charge is 0.138 e. The molecule has 0 aromatic heterocycles. The van der Waals surface area contributed by atoms with E-state index in [9.17, 15) is 0 Å². The molecular formula is C30H40Si2. The van der Waals surface area contributed by atoms with Gasteiger partial charge in [0.1, 0.15) is 16.1 Å². The third-order valence-electron chi connectivity index (χ3n) is 7.12. The summed E-state index contributed by atoms with van der Waals surface area (Å²) >= 11 is 0. The molecule has 0 bridgehead atoms. The summed E-state index contributed by atoms with van der Waals surface area (Å²) in [6, 6.07) is 21.1. The van der Waals surface area contributed by atoms with Gasteiger partial charge in [0.2, 0.25) is 0 Å². The third kappa shape index (κ3) is 6.38. The van der Waals surface area contributed by atoms with Gasteiger partial charge in [0.05, 0.1) is 0 Å². The zero-order chi connectivity index (χ0) is 24.2. The van der Waals surface area contributed by atoms with Crippen molar-refractivity contribution in [2.24, 2.45) is 0 Å². The fourth-order valence-electron chi connectivity index (χ4n) is 2.58. The van der Waals surface area contributed by atoms with Crippen molar-refractivity contribution in [2.45, 2.75) is 77.8 Å². The van der Waals surface area contributed by atoms with Gasteiger partial charge in [-0.15, -0.1) is 11.1 Å².